The molecule has 1 atom stereocenters. The minimum Gasteiger partial charge on any atom is -0.444 e. The number of amides is 1. The van der Waals surface area contributed by atoms with Crippen LogP contribution in [0.2, 0.25) is 0 Å². The molecule has 1 saturated heterocycles. The third-order valence-electron chi connectivity index (χ3n) is 3.39. The van der Waals surface area contributed by atoms with Crippen molar-refractivity contribution in [2.75, 3.05) is 18.0 Å². The van der Waals surface area contributed by atoms with Gasteiger partial charge in [0.05, 0.1) is 12.6 Å². The Kier molecular flexibility index (Phi) is 4.73. The van der Waals surface area contributed by atoms with Gasteiger partial charge in [0, 0.05) is 18.8 Å². The van der Waals surface area contributed by atoms with Gasteiger partial charge in [-0.1, -0.05) is 12.1 Å². The number of carbonyl (C=O) groups is 1. The van der Waals surface area contributed by atoms with E-state index in [1.165, 1.54) is 0 Å². The summed E-state index contributed by atoms with van der Waals surface area (Å²) in [6, 6.07) is 7.95. The van der Waals surface area contributed by atoms with Crippen LogP contribution in [0.25, 0.3) is 0 Å². The molecule has 1 aliphatic heterocycles. The van der Waals surface area contributed by atoms with Crippen LogP contribution in [0.15, 0.2) is 24.3 Å². The Labute approximate surface area is 125 Å². The van der Waals surface area contributed by atoms with Gasteiger partial charge in [-0.15, -0.1) is 0 Å². The predicted octanol–water partition coefficient (Wildman–Crippen LogP) is 2.28. The minimum atomic E-state index is -0.470. The van der Waals surface area contributed by atoms with E-state index in [-0.39, 0.29) is 18.7 Å². The lowest BCUT2D eigenvalue weighted by Gasteiger charge is -2.22. The molecule has 5 heteroatoms. The normalized spacial score (nSPS) is 18.7. The number of hydrogen-bond acceptors (Lipinski definition) is 4. The van der Waals surface area contributed by atoms with Crippen molar-refractivity contribution in [1.29, 1.82) is 0 Å². The zero-order valence-corrected chi connectivity index (χ0v) is 12.9. The van der Waals surface area contributed by atoms with Gasteiger partial charge in [-0.2, -0.15) is 0 Å². The van der Waals surface area contributed by atoms with Gasteiger partial charge in [-0.3, -0.25) is 0 Å². The molecule has 0 spiro atoms. The Bertz CT molecular complexity index is 479. The summed E-state index contributed by atoms with van der Waals surface area (Å²) in [4.78, 5) is 14.0. The maximum absolute atomic E-state index is 11.8. The fourth-order valence-electron chi connectivity index (χ4n) is 2.40. The predicted molar refractivity (Wildman–Crippen MR) is 82.4 cm³/mol. The largest absolute Gasteiger partial charge is 0.444 e. The molecule has 5 nitrogen and oxygen atoms in total. The molecule has 0 unspecified atom stereocenters. The fourth-order valence-corrected chi connectivity index (χ4v) is 2.40. The first kappa shape index (κ1) is 15.6. The molecule has 0 bridgehead atoms. The number of alkyl carbamates (subject to hydrolysis) is 1. The van der Waals surface area contributed by atoms with Crippen molar-refractivity contribution < 1.29 is 14.6 Å². The van der Waals surface area contributed by atoms with Crippen molar-refractivity contribution in [2.45, 2.75) is 45.4 Å². The number of anilines is 1. The molecular formula is C16H24N2O3. The molecule has 2 rings (SSSR count). The van der Waals surface area contributed by atoms with Gasteiger partial charge < -0.3 is 20.1 Å². The number of aliphatic hydroxyl groups excluding tert-OH is 1. The smallest absolute Gasteiger partial charge is 0.407 e. The number of ether oxygens (including phenoxy) is 1. The number of hydrogen-bond donors (Lipinski definition) is 2. The Hall–Kier alpha value is -1.75. The number of benzene rings is 1. The summed E-state index contributed by atoms with van der Waals surface area (Å²) in [5.41, 5.74) is 1.55. The lowest BCUT2D eigenvalue weighted by Crippen LogP contribution is -2.40. The molecule has 1 aromatic carbocycles. The standard InChI is InChI=1S/C16H24N2O3/c1-16(2,3)21-15(20)17-13-8-9-18(10-13)14-6-4-12(11-19)5-7-14/h4-7,13,19H,8-11H2,1-3H3,(H,17,20)/t13-/m0/s1. The first-order valence-corrected chi connectivity index (χ1v) is 7.31. The van der Waals surface area contributed by atoms with Gasteiger partial charge in [0.25, 0.3) is 0 Å². The molecule has 0 aromatic heterocycles. The average molecular weight is 292 g/mol. The summed E-state index contributed by atoms with van der Waals surface area (Å²) in [5.74, 6) is 0. The summed E-state index contributed by atoms with van der Waals surface area (Å²) in [7, 11) is 0. The van der Waals surface area contributed by atoms with Crippen molar-refractivity contribution in [3.8, 4) is 0 Å². The van der Waals surface area contributed by atoms with Crippen molar-refractivity contribution in [3.05, 3.63) is 29.8 Å². The highest BCUT2D eigenvalue weighted by Gasteiger charge is 2.26. The van der Waals surface area contributed by atoms with E-state index in [0.717, 1.165) is 30.8 Å². The lowest BCUT2D eigenvalue weighted by molar-refractivity contribution is 0.0509. The van der Waals surface area contributed by atoms with Crippen LogP contribution >= 0.6 is 0 Å². The van der Waals surface area contributed by atoms with Gasteiger partial charge >= 0.3 is 6.09 Å². The van der Waals surface area contributed by atoms with Crippen LogP contribution in [-0.2, 0) is 11.3 Å². The second kappa shape index (κ2) is 6.35. The van der Waals surface area contributed by atoms with Crippen LogP contribution in [-0.4, -0.2) is 35.9 Å². The molecule has 1 heterocycles. The molecule has 116 valence electrons. The van der Waals surface area contributed by atoms with E-state index in [1.807, 2.05) is 45.0 Å². The molecule has 0 aliphatic carbocycles. The molecule has 1 fully saturated rings. The van der Waals surface area contributed by atoms with Crippen LogP contribution in [0, 0.1) is 0 Å². The second-order valence-electron chi connectivity index (χ2n) is 6.40. The number of rotatable bonds is 3. The highest BCUT2D eigenvalue weighted by Crippen LogP contribution is 2.21. The second-order valence-corrected chi connectivity index (χ2v) is 6.40. The van der Waals surface area contributed by atoms with E-state index in [2.05, 4.69) is 10.2 Å². The quantitative estimate of drug-likeness (QED) is 0.897. The molecule has 1 amide bonds. The van der Waals surface area contributed by atoms with E-state index in [4.69, 9.17) is 9.84 Å². The van der Waals surface area contributed by atoms with Crippen LogP contribution in [0.3, 0.4) is 0 Å². The number of nitrogens with zero attached hydrogens (tertiary/aromatic N) is 1. The molecule has 0 radical (unpaired) electrons. The van der Waals surface area contributed by atoms with Gasteiger partial charge in [0.15, 0.2) is 0 Å². The number of aliphatic hydroxyl groups is 1. The summed E-state index contributed by atoms with van der Waals surface area (Å²) < 4.78 is 5.27. The fraction of sp³-hybridized carbons (Fsp3) is 0.562. The van der Waals surface area contributed by atoms with E-state index >= 15 is 0 Å². The summed E-state index contributed by atoms with van der Waals surface area (Å²) in [6.45, 7) is 7.31. The van der Waals surface area contributed by atoms with E-state index in [9.17, 15) is 4.79 Å². The highest BCUT2D eigenvalue weighted by atomic mass is 16.6. The van der Waals surface area contributed by atoms with Crippen LogP contribution in [0.1, 0.15) is 32.8 Å². The Morgan fingerprint density at radius 1 is 1.38 bits per heavy atom. The monoisotopic (exact) mass is 292 g/mol. The molecular weight excluding hydrogens is 268 g/mol. The maximum Gasteiger partial charge on any atom is 0.407 e. The molecule has 0 saturated carbocycles. The SMILES string of the molecule is CC(C)(C)OC(=O)N[C@H]1CCN(c2ccc(CO)cc2)C1. The van der Waals surface area contributed by atoms with Crippen molar-refractivity contribution in [3.63, 3.8) is 0 Å². The maximum atomic E-state index is 11.8. The Morgan fingerprint density at radius 3 is 2.62 bits per heavy atom. The van der Waals surface area contributed by atoms with E-state index in [1.54, 1.807) is 0 Å². The lowest BCUT2D eigenvalue weighted by atomic mass is 10.2. The van der Waals surface area contributed by atoms with E-state index < -0.39 is 5.60 Å². The Morgan fingerprint density at radius 2 is 2.05 bits per heavy atom. The van der Waals surface area contributed by atoms with Crippen molar-refractivity contribution in [1.82, 2.24) is 5.32 Å². The van der Waals surface area contributed by atoms with Crippen LogP contribution in [0.4, 0.5) is 10.5 Å². The summed E-state index contributed by atoms with van der Waals surface area (Å²) >= 11 is 0. The van der Waals surface area contributed by atoms with Gasteiger partial charge in [-0.25, -0.2) is 4.79 Å². The first-order valence-electron chi connectivity index (χ1n) is 7.31. The minimum absolute atomic E-state index is 0.0586. The molecule has 1 aromatic rings. The molecule has 1 aliphatic rings. The van der Waals surface area contributed by atoms with Gasteiger partial charge in [0.2, 0.25) is 0 Å². The Balaban J connectivity index is 1.86. The van der Waals surface area contributed by atoms with Crippen LogP contribution in [0.5, 0.6) is 0 Å². The van der Waals surface area contributed by atoms with Gasteiger partial charge in [0.1, 0.15) is 5.60 Å². The number of nitrogens with one attached hydrogen (secondary N) is 1. The molecule has 21 heavy (non-hydrogen) atoms. The molecule has 2 N–H and O–H groups in total. The zero-order chi connectivity index (χ0) is 15.5. The third-order valence-corrected chi connectivity index (χ3v) is 3.39. The van der Waals surface area contributed by atoms with Crippen molar-refractivity contribution >= 4 is 11.8 Å². The number of carbonyl (C=O) groups excluding carboxylic acids is 1. The van der Waals surface area contributed by atoms with Crippen LogP contribution < -0.4 is 10.2 Å². The summed E-state index contributed by atoms with van der Waals surface area (Å²) in [6.07, 6.45) is 0.547. The third kappa shape index (κ3) is 4.63. The van der Waals surface area contributed by atoms with Gasteiger partial charge in [-0.05, 0) is 44.9 Å². The first-order chi connectivity index (χ1) is 9.87. The highest BCUT2D eigenvalue weighted by molar-refractivity contribution is 5.68. The summed E-state index contributed by atoms with van der Waals surface area (Å²) in [5, 5.41) is 12.0. The topological polar surface area (TPSA) is 61.8 Å². The van der Waals surface area contributed by atoms with E-state index in [0.29, 0.717) is 0 Å². The van der Waals surface area contributed by atoms with Crippen molar-refractivity contribution in [2.24, 2.45) is 0 Å². The average Bonchev–Trinajstić information content (AvgIpc) is 2.85. The zero-order valence-electron chi connectivity index (χ0n) is 12.9.